The molecule has 0 aliphatic heterocycles. The number of para-hydroxylation sites is 2. The second-order valence-corrected chi connectivity index (χ2v) is 5.43. The van der Waals surface area contributed by atoms with E-state index in [-0.39, 0.29) is 12.5 Å². The van der Waals surface area contributed by atoms with E-state index < -0.39 is 0 Å². The molecule has 0 fully saturated rings. The highest BCUT2D eigenvalue weighted by atomic mass is 16.5. The number of hydrogen-bond donors (Lipinski definition) is 1. The van der Waals surface area contributed by atoms with Gasteiger partial charge in [-0.05, 0) is 35.4 Å². The van der Waals surface area contributed by atoms with Crippen LogP contribution in [0.5, 0.6) is 11.5 Å². The van der Waals surface area contributed by atoms with Gasteiger partial charge in [0, 0.05) is 5.69 Å². The fraction of sp³-hybridized carbons (Fsp3) is 0.0952. The van der Waals surface area contributed by atoms with Crippen LogP contribution in [0.4, 0.5) is 5.69 Å². The van der Waals surface area contributed by atoms with Crippen molar-refractivity contribution >= 4 is 11.6 Å². The zero-order chi connectivity index (χ0) is 17.5. The molecule has 0 aliphatic carbocycles. The van der Waals surface area contributed by atoms with E-state index in [4.69, 9.17) is 9.47 Å². The van der Waals surface area contributed by atoms with Gasteiger partial charge in [0.2, 0.25) is 0 Å². The molecule has 0 aliphatic rings. The molecular weight excluding hydrogens is 314 g/mol. The van der Waals surface area contributed by atoms with Gasteiger partial charge in [-0.25, -0.2) is 0 Å². The summed E-state index contributed by atoms with van der Waals surface area (Å²) in [5, 5.41) is 2.82. The fourth-order valence-electron chi connectivity index (χ4n) is 2.46. The molecule has 4 heteroatoms. The first-order valence-corrected chi connectivity index (χ1v) is 7.97. The van der Waals surface area contributed by atoms with Gasteiger partial charge < -0.3 is 14.8 Å². The second-order valence-electron chi connectivity index (χ2n) is 5.43. The first-order valence-electron chi connectivity index (χ1n) is 7.97. The minimum absolute atomic E-state index is 0.0825. The van der Waals surface area contributed by atoms with Crippen LogP contribution in [0.15, 0.2) is 78.9 Å². The molecule has 0 aromatic heterocycles. The van der Waals surface area contributed by atoms with E-state index in [0.717, 1.165) is 16.8 Å². The Balaban J connectivity index is 1.58. The highest BCUT2D eigenvalue weighted by Gasteiger charge is 2.07. The molecule has 0 saturated heterocycles. The van der Waals surface area contributed by atoms with Gasteiger partial charge in [0.25, 0.3) is 5.91 Å². The monoisotopic (exact) mass is 333 g/mol. The van der Waals surface area contributed by atoms with E-state index in [0.29, 0.717) is 11.5 Å². The summed E-state index contributed by atoms with van der Waals surface area (Å²) in [4.78, 5) is 12.1. The van der Waals surface area contributed by atoms with Gasteiger partial charge in [0.05, 0.1) is 7.11 Å². The van der Waals surface area contributed by atoms with Gasteiger partial charge in [0.15, 0.2) is 18.1 Å². The molecule has 1 amide bonds. The molecule has 0 bridgehead atoms. The van der Waals surface area contributed by atoms with E-state index >= 15 is 0 Å². The van der Waals surface area contributed by atoms with E-state index in [1.807, 2.05) is 54.6 Å². The summed E-state index contributed by atoms with van der Waals surface area (Å²) in [6, 6.07) is 25.0. The molecule has 0 saturated carbocycles. The van der Waals surface area contributed by atoms with Crippen LogP contribution in [0.2, 0.25) is 0 Å². The Kier molecular flexibility index (Phi) is 5.32. The largest absolute Gasteiger partial charge is 0.493 e. The smallest absolute Gasteiger partial charge is 0.262 e. The third kappa shape index (κ3) is 4.38. The normalized spacial score (nSPS) is 10.1. The molecule has 0 heterocycles. The highest BCUT2D eigenvalue weighted by Crippen LogP contribution is 2.25. The van der Waals surface area contributed by atoms with Crippen LogP contribution in [-0.2, 0) is 4.79 Å². The molecular formula is C21H19NO3. The topological polar surface area (TPSA) is 47.6 Å². The third-order valence-corrected chi connectivity index (χ3v) is 3.70. The maximum Gasteiger partial charge on any atom is 0.262 e. The number of hydrogen-bond acceptors (Lipinski definition) is 3. The van der Waals surface area contributed by atoms with Crippen LogP contribution in [0.1, 0.15) is 0 Å². The van der Waals surface area contributed by atoms with E-state index in [9.17, 15) is 4.79 Å². The molecule has 3 rings (SSSR count). The molecule has 126 valence electrons. The summed E-state index contributed by atoms with van der Waals surface area (Å²) >= 11 is 0. The lowest BCUT2D eigenvalue weighted by Crippen LogP contribution is -2.20. The van der Waals surface area contributed by atoms with Crippen molar-refractivity contribution in [3.05, 3.63) is 78.9 Å². The van der Waals surface area contributed by atoms with Crippen LogP contribution >= 0.6 is 0 Å². The van der Waals surface area contributed by atoms with Crippen molar-refractivity contribution in [2.45, 2.75) is 0 Å². The van der Waals surface area contributed by atoms with Gasteiger partial charge in [-0.1, -0.05) is 54.6 Å². The Morgan fingerprint density at radius 3 is 2.08 bits per heavy atom. The van der Waals surface area contributed by atoms with Gasteiger partial charge >= 0.3 is 0 Å². The Morgan fingerprint density at radius 2 is 1.40 bits per heavy atom. The average Bonchev–Trinajstić information content (AvgIpc) is 2.68. The van der Waals surface area contributed by atoms with E-state index in [1.165, 1.54) is 0 Å². The fourth-order valence-corrected chi connectivity index (χ4v) is 2.46. The maximum absolute atomic E-state index is 12.1. The molecule has 0 radical (unpaired) electrons. The van der Waals surface area contributed by atoms with Crippen molar-refractivity contribution in [1.82, 2.24) is 0 Å². The van der Waals surface area contributed by atoms with Crippen LogP contribution in [0, 0.1) is 0 Å². The SMILES string of the molecule is COc1ccccc1OCC(=O)Nc1ccc(-c2ccccc2)cc1. The average molecular weight is 333 g/mol. The molecule has 3 aromatic carbocycles. The zero-order valence-corrected chi connectivity index (χ0v) is 13.9. The molecule has 4 nitrogen and oxygen atoms in total. The first kappa shape index (κ1) is 16.6. The molecule has 0 spiro atoms. The number of ether oxygens (including phenoxy) is 2. The van der Waals surface area contributed by atoms with Crippen molar-refractivity contribution in [2.24, 2.45) is 0 Å². The number of anilines is 1. The van der Waals surface area contributed by atoms with Crippen LogP contribution < -0.4 is 14.8 Å². The number of nitrogens with one attached hydrogen (secondary N) is 1. The van der Waals surface area contributed by atoms with Crippen molar-refractivity contribution in [3.63, 3.8) is 0 Å². The van der Waals surface area contributed by atoms with Gasteiger partial charge in [-0.15, -0.1) is 0 Å². The molecule has 0 unspecified atom stereocenters. The van der Waals surface area contributed by atoms with Crippen molar-refractivity contribution in [2.75, 3.05) is 19.0 Å². The summed E-state index contributed by atoms with van der Waals surface area (Å²) in [6.07, 6.45) is 0. The zero-order valence-electron chi connectivity index (χ0n) is 13.9. The standard InChI is InChI=1S/C21H19NO3/c1-24-19-9-5-6-10-20(19)25-15-21(23)22-18-13-11-17(12-14-18)16-7-3-2-4-8-16/h2-14H,15H2,1H3,(H,22,23). The van der Waals surface area contributed by atoms with Crippen molar-refractivity contribution < 1.29 is 14.3 Å². The van der Waals surface area contributed by atoms with Crippen LogP contribution in [-0.4, -0.2) is 19.6 Å². The van der Waals surface area contributed by atoms with Gasteiger partial charge in [-0.2, -0.15) is 0 Å². The molecule has 0 atom stereocenters. The Bertz CT molecular complexity index is 829. The molecule has 1 N–H and O–H groups in total. The van der Waals surface area contributed by atoms with Crippen molar-refractivity contribution in [3.8, 4) is 22.6 Å². The summed E-state index contributed by atoms with van der Waals surface area (Å²) in [5.41, 5.74) is 2.97. The van der Waals surface area contributed by atoms with Gasteiger partial charge in [-0.3, -0.25) is 4.79 Å². The summed E-state index contributed by atoms with van der Waals surface area (Å²) in [5.74, 6) is 0.917. The van der Waals surface area contributed by atoms with Crippen molar-refractivity contribution in [1.29, 1.82) is 0 Å². The predicted octanol–water partition coefficient (Wildman–Crippen LogP) is 4.38. The number of carbonyl (C=O) groups is 1. The second kappa shape index (κ2) is 8.02. The number of amides is 1. The first-order chi connectivity index (χ1) is 12.3. The lowest BCUT2D eigenvalue weighted by Gasteiger charge is -2.11. The summed E-state index contributed by atoms with van der Waals surface area (Å²) in [6.45, 7) is -0.0825. The quantitative estimate of drug-likeness (QED) is 0.728. The Labute approximate surface area is 147 Å². The number of carbonyl (C=O) groups excluding carboxylic acids is 1. The Morgan fingerprint density at radius 1 is 0.800 bits per heavy atom. The lowest BCUT2D eigenvalue weighted by atomic mass is 10.1. The molecule has 3 aromatic rings. The maximum atomic E-state index is 12.1. The number of methoxy groups -OCH3 is 1. The van der Waals surface area contributed by atoms with Crippen LogP contribution in [0.25, 0.3) is 11.1 Å². The summed E-state index contributed by atoms with van der Waals surface area (Å²) in [7, 11) is 1.57. The predicted molar refractivity (Wildman–Crippen MR) is 99.0 cm³/mol. The van der Waals surface area contributed by atoms with E-state index in [1.54, 1.807) is 19.2 Å². The minimum Gasteiger partial charge on any atom is -0.493 e. The minimum atomic E-state index is -0.224. The highest BCUT2D eigenvalue weighted by molar-refractivity contribution is 5.92. The number of benzene rings is 3. The van der Waals surface area contributed by atoms with E-state index in [2.05, 4.69) is 17.4 Å². The summed E-state index contributed by atoms with van der Waals surface area (Å²) < 4.78 is 10.7. The van der Waals surface area contributed by atoms with Gasteiger partial charge in [0.1, 0.15) is 0 Å². The third-order valence-electron chi connectivity index (χ3n) is 3.70. The number of rotatable bonds is 6. The van der Waals surface area contributed by atoms with Crippen LogP contribution in [0.3, 0.4) is 0 Å². The Hall–Kier alpha value is -3.27. The lowest BCUT2D eigenvalue weighted by molar-refractivity contribution is -0.118. The molecule has 25 heavy (non-hydrogen) atoms.